The Morgan fingerprint density at radius 3 is 2.39 bits per heavy atom. The Morgan fingerprint density at radius 2 is 1.83 bits per heavy atom. The number of likely N-dealkylation sites (N-methyl/N-ethyl adjacent to an activating group) is 1. The van der Waals surface area contributed by atoms with Gasteiger partial charge in [-0.15, -0.1) is 24.8 Å². The van der Waals surface area contributed by atoms with Crippen molar-refractivity contribution < 1.29 is 9.53 Å². The zero-order valence-corrected chi connectivity index (χ0v) is 15.4. The van der Waals surface area contributed by atoms with Crippen molar-refractivity contribution in [3.8, 4) is 5.75 Å². The van der Waals surface area contributed by atoms with E-state index < -0.39 is 0 Å². The number of carbonyl (C=O) groups excluding carboxylic acids is 1. The Morgan fingerprint density at radius 1 is 1.22 bits per heavy atom. The first-order chi connectivity index (χ1) is 10.2. The highest BCUT2D eigenvalue weighted by molar-refractivity contribution is 5.85. The van der Waals surface area contributed by atoms with Gasteiger partial charge in [-0.2, -0.15) is 0 Å². The van der Waals surface area contributed by atoms with Crippen molar-refractivity contribution in [3.05, 3.63) is 29.8 Å². The van der Waals surface area contributed by atoms with Crippen LogP contribution in [0.4, 0.5) is 0 Å². The molecule has 0 bridgehead atoms. The summed E-state index contributed by atoms with van der Waals surface area (Å²) >= 11 is 0. The molecule has 1 amide bonds. The third kappa shape index (κ3) is 7.40. The molecule has 1 aromatic rings. The molecule has 1 saturated heterocycles. The highest BCUT2D eigenvalue weighted by Gasteiger charge is 2.16. The largest absolute Gasteiger partial charge is 0.494 e. The van der Waals surface area contributed by atoms with Crippen LogP contribution in [0.5, 0.6) is 5.75 Å². The van der Waals surface area contributed by atoms with E-state index in [9.17, 15) is 4.79 Å². The van der Waals surface area contributed by atoms with Gasteiger partial charge >= 0.3 is 0 Å². The molecule has 132 valence electrons. The monoisotopic (exact) mass is 363 g/mol. The highest BCUT2D eigenvalue weighted by Crippen LogP contribution is 2.13. The van der Waals surface area contributed by atoms with Crippen LogP contribution in [0.15, 0.2) is 24.3 Å². The van der Waals surface area contributed by atoms with Gasteiger partial charge in [0.2, 0.25) is 5.91 Å². The van der Waals surface area contributed by atoms with Crippen molar-refractivity contribution in [2.75, 3.05) is 46.4 Å². The second-order valence-corrected chi connectivity index (χ2v) is 5.35. The van der Waals surface area contributed by atoms with Crippen LogP contribution in [0.3, 0.4) is 0 Å². The van der Waals surface area contributed by atoms with Gasteiger partial charge in [0.15, 0.2) is 0 Å². The molecule has 0 unspecified atom stereocenters. The molecule has 0 radical (unpaired) electrons. The second-order valence-electron chi connectivity index (χ2n) is 5.35. The fraction of sp³-hybridized carbons (Fsp3) is 0.562. The molecule has 0 spiro atoms. The first-order valence-corrected chi connectivity index (χ1v) is 7.58. The number of nitrogens with zero attached hydrogens (tertiary/aromatic N) is 2. The number of carbonyl (C=O) groups is 1. The van der Waals surface area contributed by atoms with Gasteiger partial charge in [-0.25, -0.2) is 0 Å². The molecular weight excluding hydrogens is 337 g/mol. The quantitative estimate of drug-likeness (QED) is 0.836. The van der Waals surface area contributed by atoms with E-state index >= 15 is 0 Å². The minimum absolute atomic E-state index is 0. The number of nitrogens with one attached hydrogen (secondary N) is 1. The summed E-state index contributed by atoms with van der Waals surface area (Å²) in [5.41, 5.74) is 1.12. The van der Waals surface area contributed by atoms with Crippen molar-refractivity contribution in [1.29, 1.82) is 0 Å². The van der Waals surface area contributed by atoms with Crippen LogP contribution in [0.25, 0.3) is 0 Å². The zero-order chi connectivity index (χ0) is 15.1. The second kappa shape index (κ2) is 11.5. The van der Waals surface area contributed by atoms with Crippen LogP contribution in [-0.4, -0.2) is 62.1 Å². The maximum Gasteiger partial charge on any atom is 0.236 e. The predicted molar refractivity (Wildman–Crippen MR) is 97.9 cm³/mol. The lowest BCUT2D eigenvalue weighted by molar-refractivity contribution is -0.131. The summed E-state index contributed by atoms with van der Waals surface area (Å²) in [6.45, 7) is 7.61. The average Bonchev–Trinajstić information content (AvgIpc) is 2.50. The number of rotatable bonds is 6. The highest BCUT2D eigenvalue weighted by atomic mass is 35.5. The van der Waals surface area contributed by atoms with Crippen molar-refractivity contribution in [3.63, 3.8) is 0 Å². The summed E-state index contributed by atoms with van der Waals surface area (Å²) in [5, 5.41) is 3.29. The molecule has 7 heteroatoms. The number of halogens is 2. The number of benzene rings is 1. The Labute approximate surface area is 151 Å². The molecule has 1 heterocycles. The summed E-state index contributed by atoms with van der Waals surface area (Å²) in [7, 11) is 1.86. The molecule has 1 aliphatic heterocycles. The van der Waals surface area contributed by atoms with Gasteiger partial charge in [0.1, 0.15) is 5.75 Å². The topological polar surface area (TPSA) is 44.8 Å². The van der Waals surface area contributed by atoms with Crippen LogP contribution >= 0.6 is 24.8 Å². The fourth-order valence-corrected chi connectivity index (χ4v) is 2.40. The normalized spacial score (nSPS) is 14.3. The Hall–Kier alpha value is -1.01. The van der Waals surface area contributed by atoms with Gasteiger partial charge in [0.25, 0.3) is 0 Å². The third-order valence-electron chi connectivity index (χ3n) is 3.65. The maximum absolute atomic E-state index is 12.2. The minimum Gasteiger partial charge on any atom is -0.494 e. The van der Waals surface area contributed by atoms with E-state index in [1.807, 2.05) is 38.2 Å². The molecule has 1 aliphatic rings. The molecule has 1 aromatic carbocycles. The van der Waals surface area contributed by atoms with Gasteiger partial charge in [-0.1, -0.05) is 12.1 Å². The summed E-state index contributed by atoms with van der Waals surface area (Å²) in [6.07, 6.45) is 0. The van der Waals surface area contributed by atoms with Crippen molar-refractivity contribution >= 4 is 30.7 Å². The Kier molecular flexibility index (Phi) is 11.0. The standard InChI is InChI=1S/C16H25N3O2.2ClH/c1-3-21-15-6-4-14(5-7-15)12-18(2)16(20)13-19-10-8-17-9-11-19;;/h4-7,17H,3,8-13H2,1-2H3;2*1H. The summed E-state index contributed by atoms with van der Waals surface area (Å²) < 4.78 is 5.42. The number of hydrogen-bond donors (Lipinski definition) is 1. The van der Waals surface area contributed by atoms with Crippen LogP contribution in [0, 0.1) is 0 Å². The molecule has 23 heavy (non-hydrogen) atoms. The van der Waals surface area contributed by atoms with E-state index in [4.69, 9.17) is 4.74 Å². The molecule has 0 saturated carbocycles. The van der Waals surface area contributed by atoms with Crippen LogP contribution in [0.1, 0.15) is 12.5 Å². The number of ether oxygens (including phenoxy) is 1. The first-order valence-electron chi connectivity index (χ1n) is 7.58. The molecule has 0 aliphatic carbocycles. The molecule has 0 atom stereocenters. The molecular formula is C16H27Cl2N3O2. The summed E-state index contributed by atoms with van der Waals surface area (Å²) in [4.78, 5) is 16.2. The lowest BCUT2D eigenvalue weighted by atomic mass is 10.2. The Bertz CT molecular complexity index is 451. The van der Waals surface area contributed by atoms with Crippen LogP contribution in [-0.2, 0) is 11.3 Å². The van der Waals surface area contributed by atoms with E-state index in [1.54, 1.807) is 4.90 Å². The minimum atomic E-state index is 0. The number of amides is 1. The SMILES string of the molecule is CCOc1ccc(CN(C)C(=O)CN2CCNCC2)cc1.Cl.Cl. The van der Waals surface area contributed by atoms with E-state index in [0.717, 1.165) is 37.5 Å². The van der Waals surface area contributed by atoms with Crippen molar-refractivity contribution in [2.24, 2.45) is 0 Å². The lowest BCUT2D eigenvalue weighted by Crippen LogP contribution is -2.47. The van der Waals surface area contributed by atoms with Crippen molar-refractivity contribution in [2.45, 2.75) is 13.5 Å². The molecule has 0 aromatic heterocycles. The number of hydrogen-bond acceptors (Lipinski definition) is 4. The average molecular weight is 364 g/mol. The Balaban J connectivity index is 0.00000242. The molecule has 5 nitrogen and oxygen atoms in total. The van der Waals surface area contributed by atoms with E-state index in [0.29, 0.717) is 19.7 Å². The number of piperazine rings is 1. The molecule has 1 N–H and O–H groups in total. The summed E-state index contributed by atoms with van der Waals surface area (Å²) in [5.74, 6) is 1.04. The maximum atomic E-state index is 12.2. The van der Waals surface area contributed by atoms with E-state index in [2.05, 4.69) is 10.2 Å². The van der Waals surface area contributed by atoms with Gasteiger partial charge in [0.05, 0.1) is 13.2 Å². The molecule has 1 fully saturated rings. The van der Waals surface area contributed by atoms with Gasteiger partial charge in [0, 0.05) is 39.8 Å². The first kappa shape index (κ1) is 22.0. The van der Waals surface area contributed by atoms with Gasteiger partial charge < -0.3 is 15.0 Å². The third-order valence-corrected chi connectivity index (χ3v) is 3.65. The zero-order valence-electron chi connectivity index (χ0n) is 13.8. The summed E-state index contributed by atoms with van der Waals surface area (Å²) in [6, 6.07) is 7.93. The van der Waals surface area contributed by atoms with E-state index in [1.165, 1.54) is 0 Å². The van der Waals surface area contributed by atoms with Gasteiger partial charge in [-0.05, 0) is 24.6 Å². The predicted octanol–water partition coefficient (Wildman–Crippen LogP) is 1.79. The molecule has 2 rings (SSSR count). The fourth-order valence-electron chi connectivity index (χ4n) is 2.40. The van der Waals surface area contributed by atoms with Gasteiger partial charge in [-0.3, -0.25) is 9.69 Å². The smallest absolute Gasteiger partial charge is 0.236 e. The van der Waals surface area contributed by atoms with Crippen LogP contribution < -0.4 is 10.1 Å². The van der Waals surface area contributed by atoms with Crippen molar-refractivity contribution in [1.82, 2.24) is 15.1 Å². The van der Waals surface area contributed by atoms with E-state index in [-0.39, 0.29) is 30.7 Å². The van der Waals surface area contributed by atoms with Crippen LogP contribution in [0.2, 0.25) is 0 Å². The lowest BCUT2D eigenvalue weighted by Gasteiger charge is -2.28.